The Morgan fingerprint density at radius 1 is 0.541 bits per heavy atom. The van der Waals surface area contributed by atoms with Crippen LogP contribution in [0.2, 0.25) is 0 Å². The number of ether oxygens (including phenoxy) is 2. The summed E-state index contributed by atoms with van der Waals surface area (Å²) in [6, 6.07) is 59.7. The van der Waals surface area contributed by atoms with Gasteiger partial charge in [0.05, 0.1) is 30.4 Å². The lowest BCUT2D eigenvalue weighted by Gasteiger charge is -2.35. The second-order valence-electron chi connectivity index (χ2n) is 22.7. The SMILES string of the molecule is CCCCCCOc1ccc(N(c2ccc(OCCCCCC)cc2)c2ccc3c(c2)C(c2ccc(CCCCCC)cc2)(c2ccc(CCCCCC)cc2)c2cc(-c4ccc(-c5ccc(/C=C(\C#N)C(=O)O)cc5)c5nsnc45)sc2-3)cc1. The number of aryl methyl sites for hydroxylation is 2. The van der Waals surface area contributed by atoms with E-state index in [1.54, 1.807) is 6.07 Å². The summed E-state index contributed by atoms with van der Waals surface area (Å²) in [5.41, 5.74) is 16.2. The molecule has 10 rings (SSSR count). The van der Waals surface area contributed by atoms with E-state index in [1.807, 2.05) is 35.6 Å². The zero-order valence-electron chi connectivity index (χ0n) is 50.0. The molecular formula is C75H80N4O4S2. The predicted octanol–water partition coefficient (Wildman–Crippen LogP) is 21.1. The van der Waals surface area contributed by atoms with E-state index in [0.717, 1.165) is 86.8 Å². The average Bonchev–Trinajstić information content (AvgIpc) is 1.60. The van der Waals surface area contributed by atoms with Crippen molar-refractivity contribution in [3.8, 4) is 49.6 Å². The number of hydrogen-bond donors (Lipinski definition) is 1. The van der Waals surface area contributed by atoms with Gasteiger partial charge in [0.15, 0.2) is 0 Å². The lowest BCUT2D eigenvalue weighted by Crippen LogP contribution is -2.28. The molecule has 436 valence electrons. The second-order valence-corrected chi connectivity index (χ2v) is 24.3. The number of nitrogens with zero attached hydrogens (tertiary/aromatic N) is 4. The number of anilines is 3. The molecule has 10 heteroatoms. The first-order valence-corrected chi connectivity index (χ1v) is 32.8. The van der Waals surface area contributed by atoms with E-state index in [-0.39, 0.29) is 5.57 Å². The van der Waals surface area contributed by atoms with Crippen molar-refractivity contribution in [3.63, 3.8) is 0 Å². The Kier molecular flexibility index (Phi) is 20.8. The predicted molar refractivity (Wildman–Crippen MR) is 354 cm³/mol. The molecule has 0 radical (unpaired) electrons. The summed E-state index contributed by atoms with van der Waals surface area (Å²) in [4.78, 5) is 16.4. The third-order valence-corrected chi connectivity index (χ3v) is 18.5. The molecule has 0 saturated carbocycles. The monoisotopic (exact) mass is 1160 g/mol. The third-order valence-electron chi connectivity index (χ3n) is 16.7. The number of carboxylic acid groups (broad SMARTS) is 1. The van der Waals surface area contributed by atoms with E-state index in [0.29, 0.717) is 18.8 Å². The highest BCUT2D eigenvalue weighted by Gasteiger charge is 2.48. The Morgan fingerprint density at radius 2 is 1.02 bits per heavy atom. The highest BCUT2D eigenvalue weighted by Crippen LogP contribution is 2.61. The van der Waals surface area contributed by atoms with Gasteiger partial charge in [0.25, 0.3) is 0 Å². The van der Waals surface area contributed by atoms with Gasteiger partial charge in [0.2, 0.25) is 0 Å². The molecule has 0 saturated heterocycles. The van der Waals surface area contributed by atoms with Crippen LogP contribution in [0.4, 0.5) is 17.1 Å². The molecule has 2 heterocycles. The Balaban J connectivity index is 1.12. The van der Waals surface area contributed by atoms with Crippen molar-refractivity contribution in [1.29, 1.82) is 5.26 Å². The summed E-state index contributed by atoms with van der Waals surface area (Å²) in [6.07, 6.45) is 22.5. The van der Waals surface area contributed by atoms with Crippen molar-refractivity contribution in [3.05, 3.63) is 202 Å². The van der Waals surface area contributed by atoms with Crippen LogP contribution in [0.1, 0.15) is 169 Å². The quantitative estimate of drug-likeness (QED) is 0.0260. The van der Waals surface area contributed by atoms with E-state index in [1.165, 1.54) is 152 Å². The number of thiophene rings is 1. The van der Waals surface area contributed by atoms with Gasteiger partial charge in [-0.1, -0.05) is 196 Å². The third kappa shape index (κ3) is 13.8. The van der Waals surface area contributed by atoms with E-state index in [9.17, 15) is 15.2 Å². The van der Waals surface area contributed by atoms with Gasteiger partial charge < -0.3 is 19.5 Å². The maximum atomic E-state index is 11.6. The number of carbonyl (C=O) groups is 1. The van der Waals surface area contributed by atoms with Crippen molar-refractivity contribution in [2.45, 2.75) is 149 Å². The minimum absolute atomic E-state index is 0.315. The molecule has 0 fully saturated rings. The van der Waals surface area contributed by atoms with Crippen LogP contribution >= 0.6 is 23.1 Å². The number of rotatable bonds is 31. The smallest absolute Gasteiger partial charge is 0.346 e. The van der Waals surface area contributed by atoms with Gasteiger partial charge in [0, 0.05) is 37.9 Å². The van der Waals surface area contributed by atoms with Crippen LogP contribution in [0, 0.1) is 11.3 Å². The normalized spacial score (nSPS) is 12.5. The lowest BCUT2D eigenvalue weighted by atomic mass is 9.67. The number of aliphatic carboxylic acids is 1. The van der Waals surface area contributed by atoms with Crippen LogP contribution in [0.25, 0.3) is 49.1 Å². The van der Waals surface area contributed by atoms with Gasteiger partial charge in [-0.3, -0.25) is 0 Å². The molecule has 1 N–H and O–H groups in total. The molecule has 0 unspecified atom stereocenters. The second kappa shape index (κ2) is 29.3. The molecule has 0 atom stereocenters. The highest BCUT2D eigenvalue weighted by atomic mass is 32.1. The molecule has 85 heavy (non-hydrogen) atoms. The zero-order chi connectivity index (χ0) is 59.0. The number of hydrogen-bond acceptors (Lipinski definition) is 9. The number of fused-ring (bicyclic) bond motifs is 4. The van der Waals surface area contributed by atoms with Gasteiger partial charge >= 0.3 is 5.97 Å². The lowest BCUT2D eigenvalue weighted by molar-refractivity contribution is -0.132. The Labute approximate surface area is 512 Å². The molecule has 0 amide bonds. The Morgan fingerprint density at radius 3 is 1.53 bits per heavy atom. The van der Waals surface area contributed by atoms with Crippen LogP contribution < -0.4 is 14.4 Å². The largest absolute Gasteiger partial charge is 0.494 e. The summed E-state index contributed by atoms with van der Waals surface area (Å²) in [6.45, 7) is 10.4. The van der Waals surface area contributed by atoms with Crippen LogP contribution in [0.5, 0.6) is 11.5 Å². The van der Waals surface area contributed by atoms with Gasteiger partial charge in [0.1, 0.15) is 34.2 Å². The first-order valence-electron chi connectivity index (χ1n) is 31.2. The molecule has 2 aromatic heterocycles. The van der Waals surface area contributed by atoms with Crippen LogP contribution in [-0.2, 0) is 23.1 Å². The zero-order valence-corrected chi connectivity index (χ0v) is 51.6. The standard InChI is InChI=1S/C75H80N4O4S2/c1-5-9-13-17-21-53-25-31-58(32-26-53)75(59-33-27-54(28-34-59)22-18-14-10-6-2)68-50-62(79(60-35-40-63(41-36-60)82-47-19-15-11-7-3)61-37-42-64(43-38-61)83-48-20-16-12-8-4)39-44-66(68)73-69(75)51-70(84-73)67-46-45-65(71-72(67)78-85-77-71)56-29-23-55(24-30-56)49-57(52-76)74(80)81/h23-46,49-51H,5-22,47-48H2,1-4H3,(H,80,81)/b57-49+. The molecule has 0 spiro atoms. The number of aromatic nitrogens is 2. The van der Waals surface area contributed by atoms with Crippen LogP contribution in [0.3, 0.4) is 0 Å². The number of carboxylic acids is 1. The van der Waals surface area contributed by atoms with Crippen molar-refractivity contribution in [2.24, 2.45) is 0 Å². The van der Waals surface area contributed by atoms with Gasteiger partial charge in [-0.25, -0.2) is 4.79 Å². The topological polar surface area (TPSA) is 109 Å². The number of benzene rings is 7. The van der Waals surface area contributed by atoms with E-state index in [2.05, 4.69) is 166 Å². The summed E-state index contributed by atoms with van der Waals surface area (Å²) in [7, 11) is 0. The van der Waals surface area contributed by atoms with E-state index in [4.69, 9.17) is 18.2 Å². The Bertz CT molecular complexity index is 3590. The summed E-state index contributed by atoms with van der Waals surface area (Å²) < 4.78 is 22.5. The minimum atomic E-state index is -1.25. The summed E-state index contributed by atoms with van der Waals surface area (Å²) >= 11 is 3.03. The molecule has 8 nitrogen and oxygen atoms in total. The van der Waals surface area contributed by atoms with E-state index < -0.39 is 11.4 Å². The highest BCUT2D eigenvalue weighted by molar-refractivity contribution is 7.19. The molecule has 7 aromatic carbocycles. The first kappa shape index (κ1) is 60.3. The molecule has 1 aliphatic carbocycles. The van der Waals surface area contributed by atoms with Gasteiger partial charge in [-0.05, 0) is 161 Å². The fourth-order valence-electron chi connectivity index (χ4n) is 12.1. The molecule has 1 aliphatic rings. The number of unbranched alkanes of at least 4 members (excludes halogenated alkanes) is 12. The van der Waals surface area contributed by atoms with Gasteiger partial charge in [-0.15, -0.1) is 11.3 Å². The Hall–Kier alpha value is -7.84. The van der Waals surface area contributed by atoms with Crippen LogP contribution in [0.15, 0.2) is 163 Å². The molecule has 0 aliphatic heterocycles. The maximum absolute atomic E-state index is 11.6. The average molecular weight is 1170 g/mol. The van der Waals surface area contributed by atoms with Crippen LogP contribution in [-0.4, -0.2) is 33.0 Å². The molecule has 9 aromatic rings. The number of nitriles is 1. The van der Waals surface area contributed by atoms with Crippen molar-refractivity contribution in [2.75, 3.05) is 18.1 Å². The fourth-order valence-corrected chi connectivity index (χ4v) is 14.0. The maximum Gasteiger partial charge on any atom is 0.346 e. The van der Waals surface area contributed by atoms with E-state index >= 15 is 0 Å². The van der Waals surface area contributed by atoms with Crippen molar-refractivity contribution >= 4 is 63.2 Å². The van der Waals surface area contributed by atoms with Gasteiger partial charge in [-0.2, -0.15) is 14.0 Å². The van der Waals surface area contributed by atoms with Crippen molar-refractivity contribution in [1.82, 2.24) is 8.75 Å². The summed E-state index contributed by atoms with van der Waals surface area (Å²) in [5, 5.41) is 18.9. The molecular weight excluding hydrogens is 1080 g/mol. The fraction of sp³-hybridized carbons (Fsp3) is 0.333. The first-order chi connectivity index (χ1) is 41.8. The van der Waals surface area contributed by atoms with Crippen molar-refractivity contribution < 1.29 is 19.4 Å². The summed E-state index contributed by atoms with van der Waals surface area (Å²) in [5.74, 6) is 0.499. The molecule has 0 bridgehead atoms. The minimum Gasteiger partial charge on any atom is -0.494 e.